The third-order valence-electron chi connectivity index (χ3n) is 5.65. The minimum atomic E-state index is -1.71. The molecule has 0 bridgehead atoms. The minimum absolute atomic E-state index is 0.289. The predicted molar refractivity (Wildman–Crippen MR) is 114 cm³/mol. The van der Waals surface area contributed by atoms with E-state index in [2.05, 4.69) is 78.6 Å². The van der Waals surface area contributed by atoms with Gasteiger partial charge in [0.2, 0.25) is 0 Å². The van der Waals surface area contributed by atoms with Crippen LogP contribution in [-0.2, 0) is 0 Å². The van der Waals surface area contributed by atoms with Crippen LogP contribution in [0, 0.1) is 11.5 Å². The first-order chi connectivity index (χ1) is 11.7. The number of benzene rings is 1. The van der Waals surface area contributed by atoms with E-state index in [-0.39, 0.29) is 5.92 Å². The molecule has 1 aromatic carbocycles. The van der Waals surface area contributed by atoms with Crippen LogP contribution in [0.15, 0.2) is 36.4 Å². The Morgan fingerprint density at radius 3 is 1.84 bits per heavy atom. The summed E-state index contributed by atoms with van der Waals surface area (Å²) in [5.41, 5.74) is 8.06. The van der Waals surface area contributed by atoms with Crippen LogP contribution in [0.3, 0.4) is 0 Å². The first kappa shape index (κ1) is 21.6. The first-order valence-electron chi connectivity index (χ1n) is 9.56. The van der Waals surface area contributed by atoms with E-state index in [9.17, 15) is 0 Å². The summed E-state index contributed by atoms with van der Waals surface area (Å²) in [6.07, 6.45) is 1.01. The minimum Gasteiger partial charge on any atom is -0.497 e. The van der Waals surface area contributed by atoms with Gasteiger partial charge in [-0.05, 0) is 40.7 Å². The van der Waals surface area contributed by atoms with Crippen molar-refractivity contribution in [3.63, 3.8) is 0 Å². The van der Waals surface area contributed by atoms with Gasteiger partial charge in [0.05, 0.1) is 7.11 Å². The zero-order valence-electron chi connectivity index (χ0n) is 17.4. The molecule has 1 unspecified atom stereocenters. The fraction of sp³-hybridized carbons (Fsp3) is 0.565. The maximum absolute atomic E-state index is 5.27. The van der Waals surface area contributed by atoms with Crippen molar-refractivity contribution in [2.45, 2.75) is 77.4 Å². The lowest BCUT2D eigenvalue weighted by molar-refractivity contribution is 0.414. The molecule has 1 aromatic rings. The van der Waals surface area contributed by atoms with Crippen molar-refractivity contribution in [1.29, 1.82) is 0 Å². The summed E-state index contributed by atoms with van der Waals surface area (Å²) in [5.74, 6) is 4.71. The van der Waals surface area contributed by atoms with Crippen LogP contribution in [0.2, 0.25) is 16.6 Å². The SMILES string of the molecule is C=C(C#C[Si](C(C)C)(C(C)C)C(C)C)C(CC)c1ccc(OC)cc1. The standard InChI is InChI=1S/C23H36OSi/c1-10-23(21-11-13-22(24-9)14-12-21)20(8)15-16-25(17(2)3,18(4)5)19(6)7/h11-14,17-19,23H,8,10H2,1-7,9H3. The fourth-order valence-electron chi connectivity index (χ4n) is 4.23. The van der Waals surface area contributed by atoms with Crippen LogP contribution in [0.5, 0.6) is 5.75 Å². The van der Waals surface area contributed by atoms with Gasteiger partial charge in [-0.1, -0.05) is 73.1 Å². The highest BCUT2D eigenvalue weighted by Crippen LogP contribution is 2.41. The van der Waals surface area contributed by atoms with Crippen molar-refractivity contribution in [3.8, 4) is 17.2 Å². The van der Waals surface area contributed by atoms with Crippen molar-refractivity contribution in [2.75, 3.05) is 7.11 Å². The summed E-state index contributed by atoms with van der Waals surface area (Å²) in [6, 6.07) is 8.32. The van der Waals surface area contributed by atoms with Crippen molar-refractivity contribution in [1.82, 2.24) is 0 Å². The van der Waals surface area contributed by atoms with Crippen LogP contribution >= 0.6 is 0 Å². The molecule has 2 heteroatoms. The average Bonchev–Trinajstić information content (AvgIpc) is 2.55. The molecular formula is C23H36OSi. The van der Waals surface area contributed by atoms with E-state index in [1.807, 2.05) is 12.1 Å². The van der Waals surface area contributed by atoms with Gasteiger partial charge in [-0.25, -0.2) is 0 Å². The molecular weight excluding hydrogens is 320 g/mol. The lowest BCUT2D eigenvalue weighted by Crippen LogP contribution is -2.43. The topological polar surface area (TPSA) is 9.23 Å². The Morgan fingerprint density at radius 1 is 1.00 bits per heavy atom. The molecule has 0 amide bonds. The van der Waals surface area contributed by atoms with E-state index >= 15 is 0 Å². The van der Waals surface area contributed by atoms with Gasteiger partial charge >= 0.3 is 0 Å². The fourth-order valence-corrected chi connectivity index (χ4v) is 9.47. The van der Waals surface area contributed by atoms with Gasteiger partial charge in [0.25, 0.3) is 0 Å². The molecule has 0 saturated carbocycles. The normalized spacial score (nSPS) is 12.9. The highest BCUT2D eigenvalue weighted by molar-refractivity contribution is 6.90. The van der Waals surface area contributed by atoms with Crippen LogP contribution in [-0.4, -0.2) is 15.2 Å². The molecule has 1 nitrogen and oxygen atoms in total. The van der Waals surface area contributed by atoms with Crippen LogP contribution < -0.4 is 4.74 Å². The number of allylic oxidation sites excluding steroid dienone is 1. The second kappa shape index (κ2) is 9.29. The molecule has 0 N–H and O–H groups in total. The predicted octanol–water partition coefficient (Wildman–Crippen LogP) is 6.97. The van der Waals surface area contributed by atoms with E-state index in [0.717, 1.165) is 17.7 Å². The molecule has 0 aliphatic carbocycles. The Labute approximate surface area is 156 Å². The summed E-state index contributed by atoms with van der Waals surface area (Å²) < 4.78 is 5.27. The maximum Gasteiger partial charge on any atom is 0.146 e. The molecule has 1 rings (SSSR count). The highest BCUT2D eigenvalue weighted by atomic mass is 28.3. The van der Waals surface area contributed by atoms with Crippen molar-refractivity contribution < 1.29 is 4.74 Å². The van der Waals surface area contributed by atoms with E-state index in [0.29, 0.717) is 16.6 Å². The molecule has 0 saturated heterocycles. The van der Waals surface area contributed by atoms with E-state index in [1.54, 1.807) is 7.11 Å². The Morgan fingerprint density at radius 2 is 1.48 bits per heavy atom. The number of hydrogen-bond acceptors (Lipinski definition) is 1. The summed E-state index contributed by atoms with van der Waals surface area (Å²) in [6.45, 7) is 20.7. The molecule has 0 aromatic heterocycles. The Kier molecular flexibility index (Phi) is 8.02. The lowest BCUT2D eigenvalue weighted by Gasteiger charge is -2.38. The van der Waals surface area contributed by atoms with E-state index in [4.69, 9.17) is 4.74 Å². The van der Waals surface area contributed by atoms with Gasteiger partial charge in [-0.2, -0.15) is 0 Å². The summed E-state index contributed by atoms with van der Waals surface area (Å²) in [7, 11) is -0.00752. The van der Waals surface area contributed by atoms with Crippen LogP contribution in [0.1, 0.15) is 66.4 Å². The zero-order chi connectivity index (χ0) is 19.2. The summed E-state index contributed by atoms with van der Waals surface area (Å²) >= 11 is 0. The monoisotopic (exact) mass is 356 g/mol. The molecule has 0 spiro atoms. The van der Waals surface area contributed by atoms with Crippen LogP contribution in [0.4, 0.5) is 0 Å². The third-order valence-corrected chi connectivity index (χ3v) is 11.9. The second-order valence-electron chi connectivity index (χ2n) is 7.91. The van der Waals surface area contributed by atoms with Gasteiger partial charge in [-0.15, -0.1) is 5.54 Å². The maximum atomic E-state index is 5.27. The largest absolute Gasteiger partial charge is 0.497 e. The number of methoxy groups -OCH3 is 1. The molecule has 1 atom stereocenters. The molecule has 0 fully saturated rings. The second-order valence-corrected chi connectivity index (χ2v) is 13.5. The Bertz CT molecular complexity index is 592. The Balaban J connectivity index is 3.18. The van der Waals surface area contributed by atoms with E-state index in [1.165, 1.54) is 5.56 Å². The van der Waals surface area contributed by atoms with Gasteiger partial charge in [0, 0.05) is 11.5 Å². The molecule has 0 aliphatic heterocycles. The van der Waals surface area contributed by atoms with Gasteiger partial charge in [0.15, 0.2) is 0 Å². The summed E-state index contributed by atoms with van der Waals surface area (Å²) in [4.78, 5) is 0. The van der Waals surface area contributed by atoms with Crippen molar-refractivity contribution >= 4 is 8.07 Å². The molecule has 138 valence electrons. The molecule has 25 heavy (non-hydrogen) atoms. The molecule has 0 heterocycles. The lowest BCUT2D eigenvalue weighted by atomic mass is 9.90. The third kappa shape index (κ3) is 4.79. The van der Waals surface area contributed by atoms with E-state index < -0.39 is 8.07 Å². The number of rotatable bonds is 7. The van der Waals surface area contributed by atoms with Gasteiger partial charge < -0.3 is 4.74 Å². The molecule has 0 aliphatic rings. The van der Waals surface area contributed by atoms with Gasteiger partial charge in [0.1, 0.15) is 13.8 Å². The number of hydrogen-bond donors (Lipinski definition) is 0. The first-order valence-corrected chi connectivity index (χ1v) is 11.8. The summed E-state index contributed by atoms with van der Waals surface area (Å²) in [5, 5.41) is 0. The smallest absolute Gasteiger partial charge is 0.146 e. The average molecular weight is 357 g/mol. The Hall–Kier alpha value is -1.46. The van der Waals surface area contributed by atoms with Crippen LogP contribution in [0.25, 0.3) is 0 Å². The van der Waals surface area contributed by atoms with Crippen molar-refractivity contribution in [3.05, 3.63) is 42.0 Å². The zero-order valence-corrected chi connectivity index (χ0v) is 18.4. The van der Waals surface area contributed by atoms with Crippen molar-refractivity contribution in [2.24, 2.45) is 0 Å². The number of ether oxygens (including phenoxy) is 1. The van der Waals surface area contributed by atoms with Gasteiger partial charge in [-0.3, -0.25) is 0 Å². The quantitative estimate of drug-likeness (QED) is 0.379. The molecule has 0 radical (unpaired) electrons. The highest BCUT2D eigenvalue weighted by Gasteiger charge is 2.41.